The van der Waals surface area contributed by atoms with Crippen molar-refractivity contribution < 1.29 is 10.2 Å². The molecule has 16 heavy (non-hydrogen) atoms. The van der Waals surface area contributed by atoms with Gasteiger partial charge in [-0.1, -0.05) is 0 Å². The maximum absolute atomic E-state index is 9.47. The van der Waals surface area contributed by atoms with Gasteiger partial charge in [0, 0.05) is 31.9 Å². The first kappa shape index (κ1) is 11.1. The summed E-state index contributed by atoms with van der Waals surface area (Å²) in [5.41, 5.74) is 0.852. The first-order chi connectivity index (χ1) is 7.60. The minimum Gasteiger partial charge on any atom is -0.389 e. The molecule has 2 unspecified atom stereocenters. The molecule has 0 aliphatic carbocycles. The smallest absolute Gasteiger partial charge is 0.224 e. The normalized spacial score (nSPS) is 24.9. The highest BCUT2D eigenvalue weighted by Gasteiger charge is 2.30. The van der Waals surface area contributed by atoms with Gasteiger partial charge in [-0.05, 0) is 6.92 Å². The van der Waals surface area contributed by atoms with E-state index < -0.39 is 12.2 Å². The van der Waals surface area contributed by atoms with Gasteiger partial charge in [0.25, 0.3) is 0 Å². The number of aryl methyl sites for hydroxylation is 1. The predicted molar refractivity (Wildman–Crippen MR) is 60.5 cm³/mol. The van der Waals surface area contributed by atoms with Crippen molar-refractivity contribution in [2.75, 3.05) is 30.4 Å². The fraction of sp³-hybridized carbons (Fsp3) is 0.600. The van der Waals surface area contributed by atoms with E-state index in [0.29, 0.717) is 19.0 Å². The summed E-state index contributed by atoms with van der Waals surface area (Å²) in [6.45, 7) is 2.69. The quantitative estimate of drug-likeness (QED) is 0.620. The highest BCUT2D eigenvalue weighted by molar-refractivity contribution is 5.46. The van der Waals surface area contributed by atoms with E-state index in [2.05, 4.69) is 15.3 Å². The van der Waals surface area contributed by atoms with E-state index in [9.17, 15) is 10.2 Å². The summed E-state index contributed by atoms with van der Waals surface area (Å²) in [5.74, 6) is 1.28. The Labute approximate surface area is 94.0 Å². The van der Waals surface area contributed by atoms with Crippen molar-refractivity contribution in [1.82, 2.24) is 9.97 Å². The molecule has 88 valence electrons. The van der Waals surface area contributed by atoms with Crippen LogP contribution >= 0.6 is 0 Å². The van der Waals surface area contributed by atoms with E-state index in [4.69, 9.17) is 0 Å². The fourth-order valence-electron chi connectivity index (χ4n) is 1.78. The van der Waals surface area contributed by atoms with Gasteiger partial charge in [-0.25, -0.2) is 4.98 Å². The summed E-state index contributed by atoms with van der Waals surface area (Å²) < 4.78 is 0. The second-order valence-corrected chi connectivity index (χ2v) is 3.98. The van der Waals surface area contributed by atoms with Gasteiger partial charge in [0.05, 0.1) is 12.2 Å². The number of rotatable bonds is 2. The van der Waals surface area contributed by atoms with E-state index in [1.165, 1.54) is 0 Å². The van der Waals surface area contributed by atoms with Crippen LogP contribution < -0.4 is 10.2 Å². The average Bonchev–Trinajstić information content (AvgIpc) is 2.58. The summed E-state index contributed by atoms with van der Waals surface area (Å²) in [4.78, 5) is 10.3. The van der Waals surface area contributed by atoms with Gasteiger partial charge >= 0.3 is 0 Å². The van der Waals surface area contributed by atoms with Crippen LogP contribution in [0.15, 0.2) is 6.07 Å². The van der Waals surface area contributed by atoms with Crippen molar-refractivity contribution >= 4 is 11.8 Å². The van der Waals surface area contributed by atoms with Crippen LogP contribution in [0.1, 0.15) is 5.69 Å². The Kier molecular flexibility index (Phi) is 2.93. The number of aliphatic hydroxyl groups excluding tert-OH is 2. The molecule has 0 saturated carbocycles. The molecule has 1 saturated heterocycles. The highest BCUT2D eigenvalue weighted by atomic mass is 16.3. The molecule has 0 amide bonds. The first-order valence-corrected chi connectivity index (χ1v) is 5.24. The molecule has 6 nitrogen and oxygen atoms in total. The van der Waals surface area contributed by atoms with Gasteiger partial charge in [0.2, 0.25) is 5.95 Å². The van der Waals surface area contributed by atoms with Gasteiger partial charge in [-0.2, -0.15) is 4.98 Å². The van der Waals surface area contributed by atoms with Crippen LogP contribution in [0.4, 0.5) is 11.8 Å². The lowest BCUT2D eigenvalue weighted by atomic mass is 10.3. The fourth-order valence-corrected chi connectivity index (χ4v) is 1.78. The monoisotopic (exact) mass is 224 g/mol. The molecule has 1 aromatic rings. The zero-order chi connectivity index (χ0) is 11.7. The molecule has 1 aliphatic rings. The zero-order valence-corrected chi connectivity index (χ0v) is 9.38. The van der Waals surface area contributed by atoms with Crippen molar-refractivity contribution in [2.45, 2.75) is 19.1 Å². The van der Waals surface area contributed by atoms with E-state index in [1.54, 1.807) is 7.05 Å². The predicted octanol–water partition coefficient (Wildman–Crippen LogP) is -0.631. The van der Waals surface area contributed by atoms with Crippen molar-refractivity contribution in [3.8, 4) is 0 Å². The number of nitrogens with one attached hydrogen (secondary N) is 1. The lowest BCUT2D eigenvalue weighted by Crippen LogP contribution is -2.22. The van der Waals surface area contributed by atoms with Crippen LogP contribution in [0.2, 0.25) is 0 Å². The molecular formula is C10H16N4O2. The Morgan fingerprint density at radius 2 is 1.94 bits per heavy atom. The summed E-state index contributed by atoms with van der Waals surface area (Å²) in [5, 5.41) is 21.8. The molecule has 1 fully saturated rings. The molecular weight excluding hydrogens is 208 g/mol. The minimum atomic E-state index is -0.701. The van der Waals surface area contributed by atoms with Crippen molar-refractivity contribution in [3.05, 3.63) is 11.8 Å². The number of aromatic nitrogens is 2. The lowest BCUT2D eigenvalue weighted by molar-refractivity contribution is 0.0572. The Hall–Kier alpha value is -1.40. The highest BCUT2D eigenvalue weighted by Crippen LogP contribution is 2.20. The van der Waals surface area contributed by atoms with Crippen LogP contribution in [-0.2, 0) is 0 Å². The van der Waals surface area contributed by atoms with Gasteiger partial charge < -0.3 is 20.4 Å². The molecule has 6 heteroatoms. The van der Waals surface area contributed by atoms with Crippen molar-refractivity contribution in [3.63, 3.8) is 0 Å². The molecule has 1 aliphatic heterocycles. The molecule has 2 atom stereocenters. The number of hydrogen-bond acceptors (Lipinski definition) is 6. The summed E-state index contributed by atoms with van der Waals surface area (Å²) in [6, 6.07) is 1.84. The molecule has 0 bridgehead atoms. The Morgan fingerprint density at radius 1 is 1.31 bits per heavy atom. The third kappa shape index (κ3) is 2.07. The standard InChI is InChI=1S/C10H16N4O2/c1-6-3-9(13-10(11-2)12-6)14-4-7(15)8(16)5-14/h3,7-8,15-16H,4-5H2,1-2H3,(H,11,12,13). The summed E-state index contributed by atoms with van der Waals surface area (Å²) in [6.07, 6.45) is -1.40. The molecule has 0 aromatic carbocycles. The van der Waals surface area contributed by atoms with Gasteiger partial charge in [-0.3, -0.25) is 0 Å². The van der Waals surface area contributed by atoms with Gasteiger partial charge in [0.15, 0.2) is 0 Å². The Bertz CT molecular complexity index is 375. The van der Waals surface area contributed by atoms with E-state index in [0.717, 1.165) is 11.5 Å². The van der Waals surface area contributed by atoms with Crippen LogP contribution in [0, 0.1) is 6.92 Å². The Morgan fingerprint density at radius 3 is 2.50 bits per heavy atom. The van der Waals surface area contributed by atoms with Gasteiger partial charge in [0.1, 0.15) is 5.82 Å². The average molecular weight is 224 g/mol. The summed E-state index contributed by atoms with van der Waals surface area (Å²) in [7, 11) is 1.76. The number of β-amino-alcohol motifs (C(OH)–C–C–N with tert-alkyl or cyclic N) is 2. The molecule has 0 spiro atoms. The molecule has 0 radical (unpaired) electrons. The first-order valence-electron chi connectivity index (χ1n) is 5.24. The minimum absolute atomic E-state index is 0.404. The topological polar surface area (TPSA) is 81.5 Å². The van der Waals surface area contributed by atoms with E-state index >= 15 is 0 Å². The Balaban J connectivity index is 2.24. The van der Waals surface area contributed by atoms with E-state index in [1.807, 2.05) is 17.9 Å². The molecule has 2 rings (SSSR count). The van der Waals surface area contributed by atoms with Crippen molar-refractivity contribution in [2.24, 2.45) is 0 Å². The molecule has 1 aromatic heterocycles. The SMILES string of the molecule is CNc1nc(C)cc(N2CC(O)C(O)C2)n1. The second-order valence-electron chi connectivity index (χ2n) is 3.98. The number of aliphatic hydroxyl groups is 2. The molecule has 3 N–H and O–H groups in total. The van der Waals surface area contributed by atoms with Crippen LogP contribution in [-0.4, -0.2) is 52.5 Å². The zero-order valence-electron chi connectivity index (χ0n) is 9.38. The summed E-state index contributed by atoms with van der Waals surface area (Å²) >= 11 is 0. The largest absolute Gasteiger partial charge is 0.389 e. The van der Waals surface area contributed by atoms with Crippen molar-refractivity contribution in [1.29, 1.82) is 0 Å². The van der Waals surface area contributed by atoms with Crippen LogP contribution in [0.5, 0.6) is 0 Å². The number of hydrogen-bond donors (Lipinski definition) is 3. The van der Waals surface area contributed by atoms with E-state index in [-0.39, 0.29) is 0 Å². The maximum atomic E-state index is 9.47. The number of nitrogens with zero attached hydrogens (tertiary/aromatic N) is 3. The third-order valence-corrected chi connectivity index (χ3v) is 2.65. The number of anilines is 2. The molecule has 2 heterocycles. The van der Waals surface area contributed by atoms with Crippen LogP contribution in [0.3, 0.4) is 0 Å². The second kappa shape index (κ2) is 4.23. The van der Waals surface area contributed by atoms with Crippen LogP contribution in [0.25, 0.3) is 0 Å². The maximum Gasteiger partial charge on any atom is 0.224 e. The lowest BCUT2D eigenvalue weighted by Gasteiger charge is -2.17. The van der Waals surface area contributed by atoms with Gasteiger partial charge in [-0.15, -0.1) is 0 Å². The third-order valence-electron chi connectivity index (χ3n) is 2.65.